The van der Waals surface area contributed by atoms with Gasteiger partial charge in [-0.25, -0.2) is 4.39 Å². The molecule has 1 aliphatic heterocycles. The van der Waals surface area contributed by atoms with Crippen LogP contribution in [0.15, 0.2) is 22.7 Å². The summed E-state index contributed by atoms with van der Waals surface area (Å²) in [6, 6.07) is 4.48. The van der Waals surface area contributed by atoms with Gasteiger partial charge in [0.1, 0.15) is 5.82 Å². The van der Waals surface area contributed by atoms with Crippen molar-refractivity contribution in [2.24, 2.45) is 0 Å². The summed E-state index contributed by atoms with van der Waals surface area (Å²) in [6.45, 7) is 3.52. The number of nitrogen functional groups attached to an aromatic ring is 1. The highest BCUT2D eigenvalue weighted by atomic mass is 19.1. The van der Waals surface area contributed by atoms with E-state index in [1.54, 1.807) is 12.1 Å². The number of nitrogens with zero attached hydrogens (tertiary/aromatic N) is 4. The van der Waals surface area contributed by atoms with Crippen LogP contribution in [0.25, 0.3) is 11.5 Å². The maximum atomic E-state index is 13.8. The standard InChI is InChI=1S/C13H16FN5O/c1-18-5-7-19(8-6-18)13-16-12(20-17-13)11-9(14)3-2-4-10(11)15/h2-4H,5-8,15H2,1H3. The zero-order valence-electron chi connectivity index (χ0n) is 11.2. The van der Waals surface area contributed by atoms with E-state index in [0.717, 1.165) is 26.2 Å². The van der Waals surface area contributed by atoms with Crippen LogP contribution in [-0.4, -0.2) is 48.3 Å². The minimum absolute atomic E-state index is 0.120. The van der Waals surface area contributed by atoms with E-state index in [-0.39, 0.29) is 11.5 Å². The van der Waals surface area contributed by atoms with Crippen molar-refractivity contribution in [1.29, 1.82) is 0 Å². The van der Waals surface area contributed by atoms with Crippen molar-refractivity contribution >= 4 is 11.6 Å². The summed E-state index contributed by atoms with van der Waals surface area (Å²) in [5.74, 6) is 0.142. The van der Waals surface area contributed by atoms with Gasteiger partial charge in [0.25, 0.3) is 11.8 Å². The summed E-state index contributed by atoms with van der Waals surface area (Å²) in [5, 5.41) is 3.92. The van der Waals surface area contributed by atoms with Gasteiger partial charge in [-0.2, -0.15) is 4.98 Å². The molecule has 2 N–H and O–H groups in total. The Bertz CT molecular complexity index is 586. The van der Waals surface area contributed by atoms with Gasteiger partial charge in [0.05, 0.1) is 5.56 Å². The third-order valence-corrected chi connectivity index (χ3v) is 3.46. The average Bonchev–Trinajstić information content (AvgIpc) is 2.89. The normalized spacial score (nSPS) is 16.6. The van der Waals surface area contributed by atoms with Crippen molar-refractivity contribution in [2.75, 3.05) is 43.9 Å². The van der Waals surface area contributed by atoms with E-state index in [0.29, 0.717) is 11.6 Å². The summed E-state index contributed by atoms with van der Waals surface area (Å²) < 4.78 is 19.0. The Balaban J connectivity index is 1.87. The first-order chi connectivity index (χ1) is 9.65. The summed E-state index contributed by atoms with van der Waals surface area (Å²) >= 11 is 0. The van der Waals surface area contributed by atoms with Gasteiger partial charge in [-0.3, -0.25) is 0 Å². The number of anilines is 2. The molecule has 0 radical (unpaired) electrons. The fraction of sp³-hybridized carbons (Fsp3) is 0.385. The predicted molar refractivity (Wildman–Crippen MR) is 73.8 cm³/mol. The molecule has 0 bridgehead atoms. The first kappa shape index (κ1) is 12.9. The van der Waals surface area contributed by atoms with E-state index in [1.807, 2.05) is 4.90 Å². The number of halogens is 1. The maximum absolute atomic E-state index is 13.8. The molecule has 20 heavy (non-hydrogen) atoms. The zero-order valence-corrected chi connectivity index (χ0v) is 11.2. The molecule has 1 aromatic heterocycles. The molecule has 0 spiro atoms. The monoisotopic (exact) mass is 277 g/mol. The molecule has 0 amide bonds. The van der Waals surface area contributed by atoms with Crippen molar-refractivity contribution < 1.29 is 8.91 Å². The Hall–Kier alpha value is -2.15. The number of benzene rings is 1. The van der Waals surface area contributed by atoms with Gasteiger partial charge in [0, 0.05) is 31.9 Å². The Kier molecular flexibility index (Phi) is 3.27. The first-order valence-corrected chi connectivity index (χ1v) is 6.46. The Morgan fingerprint density at radius 1 is 1.25 bits per heavy atom. The summed E-state index contributed by atoms with van der Waals surface area (Å²) in [5.41, 5.74) is 6.23. The molecule has 1 aromatic carbocycles. The second-order valence-electron chi connectivity index (χ2n) is 4.89. The SMILES string of the molecule is CN1CCN(c2noc(-c3c(N)cccc3F)n2)CC1. The molecular weight excluding hydrogens is 261 g/mol. The molecule has 0 unspecified atom stereocenters. The largest absolute Gasteiger partial charge is 0.398 e. The molecule has 7 heteroatoms. The molecule has 106 valence electrons. The second-order valence-corrected chi connectivity index (χ2v) is 4.89. The molecular formula is C13H16FN5O. The number of hydrogen-bond donors (Lipinski definition) is 1. The maximum Gasteiger partial charge on any atom is 0.266 e. The molecule has 1 saturated heterocycles. The summed E-state index contributed by atoms with van der Waals surface area (Å²) in [6.07, 6.45) is 0. The molecule has 2 heterocycles. The van der Waals surface area contributed by atoms with Crippen LogP contribution < -0.4 is 10.6 Å². The molecule has 2 aromatic rings. The van der Waals surface area contributed by atoms with Crippen LogP contribution in [-0.2, 0) is 0 Å². The number of piperazine rings is 1. The van der Waals surface area contributed by atoms with Crippen LogP contribution >= 0.6 is 0 Å². The number of aromatic nitrogens is 2. The fourth-order valence-corrected chi connectivity index (χ4v) is 2.22. The smallest absolute Gasteiger partial charge is 0.266 e. The van der Waals surface area contributed by atoms with E-state index in [1.165, 1.54) is 6.07 Å². The van der Waals surface area contributed by atoms with Crippen LogP contribution in [0.2, 0.25) is 0 Å². The third kappa shape index (κ3) is 2.32. The number of likely N-dealkylation sites (N-methyl/N-ethyl adjacent to an activating group) is 1. The highest BCUT2D eigenvalue weighted by molar-refractivity contribution is 5.71. The van der Waals surface area contributed by atoms with Crippen molar-refractivity contribution in [3.63, 3.8) is 0 Å². The Morgan fingerprint density at radius 3 is 2.70 bits per heavy atom. The minimum atomic E-state index is -0.460. The lowest BCUT2D eigenvalue weighted by Gasteiger charge is -2.31. The lowest BCUT2D eigenvalue weighted by Crippen LogP contribution is -2.44. The molecule has 0 saturated carbocycles. The summed E-state index contributed by atoms with van der Waals surface area (Å²) in [7, 11) is 2.07. The molecule has 0 aliphatic carbocycles. The molecule has 6 nitrogen and oxygen atoms in total. The van der Waals surface area contributed by atoms with Crippen molar-refractivity contribution in [3.05, 3.63) is 24.0 Å². The number of hydrogen-bond acceptors (Lipinski definition) is 6. The van der Waals surface area contributed by atoms with Crippen molar-refractivity contribution in [2.45, 2.75) is 0 Å². The first-order valence-electron chi connectivity index (χ1n) is 6.46. The van der Waals surface area contributed by atoms with E-state index < -0.39 is 5.82 Å². The van der Waals surface area contributed by atoms with Crippen molar-refractivity contribution in [3.8, 4) is 11.5 Å². The summed E-state index contributed by atoms with van der Waals surface area (Å²) in [4.78, 5) is 8.51. The van der Waals surface area contributed by atoms with E-state index >= 15 is 0 Å². The van der Waals surface area contributed by atoms with Gasteiger partial charge >= 0.3 is 0 Å². The van der Waals surface area contributed by atoms with Gasteiger partial charge in [0.2, 0.25) is 0 Å². The van der Waals surface area contributed by atoms with E-state index in [4.69, 9.17) is 10.3 Å². The van der Waals surface area contributed by atoms with Crippen LogP contribution in [0, 0.1) is 5.82 Å². The van der Waals surface area contributed by atoms with Crippen LogP contribution in [0.1, 0.15) is 0 Å². The third-order valence-electron chi connectivity index (χ3n) is 3.46. The molecule has 1 fully saturated rings. The molecule has 3 rings (SSSR count). The lowest BCUT2D eigenvalue weighted by molar-refractivity contribution is 0.309. The van der Waals surface area contributed by atoms with Crippen LogP contribution in [0.4, 0.5) is 16.0 Å². The van der Waals surface area contributed by atoms with Crippen LogP contribution in [0.3, 0.4) is 0 Å². The quantitative estimate of drug-likeness (QED) is 0.832. The van der Waals surface area contributed by atoms with Gasteiger partial charge in [-0.1, -0.05) is 6.07 Å². The van der Waals surface area contributed by atoms with E-state index in [2.05, 4.69) is 22.1 Å². The van der Waals surface area contributed by atoms with Gasteiger partial charge in [0.15, 0.2) is 0 Å². The molecule has 0 atom stereocenters. The topological polar surface area (TPSA) is 71.4 Å². The Morgan fingerprint density at radius 2 is 2.00 bits per heavy atom. The second kappa shape index (κ2) is 5.09. The number of rotatable bonds is 2. The molecule has 1 aliphatic rings. The predicted octanol–water partition coefficient (Wildman–Crippen LogP) is 1.21. The minimum Gasteiger partial charge on any atom is -0.398 e. The fourth-order valence-electron chi connectivity index (χ4n) is 2.22. The van der Waals surface area contributed by atoms with Gasteiger partial charge < -0.3 is 20.1 Å². The van der Waals surface area contributed by atoms with Crippen LogP contribution in [0.5, 0.6) is 0 Å². The zero-order chi connectivity index (χ0) is 14.1. The van der Waals surface area contributed by atoms with Crippen molar-refractivity contribution in [1.82, 2.24) is 15.0 Å². The van der Waals surface area contributed by atoms with Gasteiger partial charge in [-0.05, 0) is 24.3 Å². The highest BCUT2D eigenvalue weighted by Crippen LogP contribution is 2.28. The highest BCUT2D eigenvalue weighted by Gasteiger charge is 2.21. The average molecular weight is 277 g/mol. The number of nitrogens with two attached hydrogens (primary N) is 1. The van der Waals surface area contributed by atoms with Gasteiger partial charge in [-0.15, -0.1) is 0 Å². The Labute approximate surface area is 116 Å². The van der Waals surface area contributed by atoms with E-state index in [9.17, 15) is 4.39 Å². The lowest BCUT2D eigenvalue weighted by atomic mass is 10.1.